The average Bonchev–Trinajstić information content (AvgIpc) is 2.98. The molecule has 1 fully saturated rings. The molecule has 1 aromatic carbocycles. The molecular weight excluding hydrogens is 334 g/mol. The quantitative estimate of drug-likeness (QED) is 0.774. The smallest absolute Gasteiger partial charge is 0.175 e. The molecule has 1 saturated heterocycles. The van der Waals surface area contributed by atoms with Gasteiger partial charge >= 0.3 is 0 Å². The Bertz CT molecular complexity index is 447. The number of ether oxygens (including phenoxy) is 3. The molecule has 0 aromatic heterocycles. The first-order valence-electron chi connectivity index (χ1n) is 7.61. The maximum absolute atomic E-state index is 5.99. The van der Waals surface area contributed by atoms with Crippen LogP contribution >= 0.6 is 15.9 Å². The largest absolute Gasteiger partial charge is 0.490 e. The van der Waals surface area contributed by atoms with Crippen LogP contribution in [0.4, 0.5) is 0 Å². The van der Waals surface area contributed by atoms with Gasteiger partial charge in [-0.1, -0.05) is 6.92 Å². The summed E-state index contributed by atoms with van der Waals surface area (Å²) in [5.41, 5.74) is 1.18. The molecule has 0 saturated carbocycles. The van der Waals surface area contributed by atoms with Crippen LogP contribution in [-0.4, -0.2) is 33.0 Å². The van der Waals surface area contributed by atoms with Crippen LogP contribution in [0.1, 0.15) is 25.8 Å². The summed E-state index contributed by atoms with van der Waals surface area (Å²) in [7, 11) is 0. The van der Waals surface area contributed by atoms with Gasteiger partial charge in [-0.05, 0) is 53.5 Å². The van der Waals surface area contributed by atoms with E-state index in [4.69, 9.17) is 14.2 Å². The van der Waals surface area contributed by atoms with E-state index >= 15 is 0 Å². The predicted molar refractivity (Wildman–Crippen MR) is 87.1 cm³/mol. The second-order valence-corrected chi connectivity index (χ2v) is 6.01. The van der Waals surface area contributed by atoms with Gasteiger partial charge in [0.25, 0.3) is 0 Å². The van der Waals surface area contributed by atoms with Crippen LogP contribution in [0, 0.1) is 5.92 Å². The van der Waals surface area contributed by atoms with Gasteiger partial charge in [0.1, 0.15) is 0 Å². The van der Waals surface area contributed by atoms with Gasteiger partial charge < -0.3 is 19.5 Å². The monoisotopic (exact) mass is 357 g/mol. The summed E-state index contributed by atoms with van der Waals surface area (Å²) in [6.45, 7) is 8.78. The third kappa shape index (κ3) is 4.87. The molecule has 1 aliphatic heterocycles. The standard InChI is InChI=1S/C16H24BrNO3/c1-3-18-9-13-7-14(17)16(15(8-13)20-4-2)21-11-12-5-6-19-10-12/h7-8,12,18H,3-6,9-11H2,1-2H3. The molecular formula is C16H24BrNO3. The molecule has 4 nitrogen and oxygen atoms in total. The highest BCUT2D eigenvalue weighted by atomic mass is 79.9. The number of hydrogen-bond acceptors (Lipinski definition) is 4. The molecule has 0 aliphatic carbocycles. The van der Waals surface area contributed by atoms with E-state index in [9.17, 15) is 0 Å². The number of nitrogens with one attached hydrogen (secondary N) is 1. The topological polar surface area (TPSA) is 39.7 Å². The first kappa shape index (κ1) is 16.6. The third-order valence-electron chi connectivity index (χ3n) is 3.44. The zero-order chi connectivity index (χ0) is 15.1. The van der Waals surface area contributed by atoms with Gasteiger partial charge in [-0.25, -0.2) is 0 Å². The Morgan fingerprint density at radius 2 is 2.19 bits per heavy atom. The fourth-order valence-electron chi connectivity index (χ4n) is 2.31. The average molecular weight is 358 g/mol. The van der Waals surface area contributed by atoms with Crippen molar-refractivity contribution in [3.63, 3.8) is 0 Å². The lowest BCUT2D eigenvalue weighted by Gasteiger charge is -2.17. The lowest BCUT2D eigenvalue weighted by Crippen LogP contribution is -2.14. The molecule has 1 aromatic rings. The molecule has 1 N–H and O–H groups in total. The molecule has 0 radical (unpaired) electrons. The molecule has 118 valence electrons. The number of rotatable bonds is 8. The van der Waals surface area contributed by atoms with Crippen molar-refractivity contribution in [2.24, 2.45) is 5.92 Å². The lowest BCUT2D eigenvalue weighted by molar-refractivity contribution is 0.164. The molecule has 21 heavy (non-hydrogen) atoms. The van der Waals surface area contributed by atoms with Crippen LogP contribution in [0.25, 0.3) is 0 Å². The summed E-state index contributed by atoms with van der Waals surface area (Å²) in [5.74, 6) is 2.08. The van der Waals surface area contributed by atoms with Gasteiger partial charge in [0.05, 0.1) is 24.3 Å². The summed E-state index contributed by atoms with van der Waals surface area (Å²) >= 11 is 3.61. The number of hydrogen-bond donors (Lipinski definition) is 1. The van der Waals surface area contributed by atoms with E-state index in [0.29, 0.717) is 19.1 Å². The summed E-state index contributed by atoms with van der Waals surface area (Å²) in [6, 6.07) is 4.14. The number of benzene rings is 1. The van der Waals surface area contributed by atoms with Gasteiger partial charge in [-0.2, -0.15) is 0 Å². The van der Waals surface area contributed by atoms with Gasteiger partial charge in [0, 0.05) is 19.1 Å². The molecule has 1 aliphatic rings. The van der Waals surface area contributed by atoms with E-state index in [0.717, 1.165) is 48.7 Å². The third-order valence-corrected chi connectivity index (χ3v) is 4.02. The SMILES string of the molecule is CCNCc1cc(Br)c(OCC2CCOC2)c(OCC)c1. The van der Waals surface area contributed by atoms with Crippen LogP contribution in [0.5, 0.6) is 11.5 Å². The molecule has 0 amide bonds. The Morgan fingerprint density at radius 1 is 1.33 bits per heavy atom. The first-order chi connectivity index (χ1) is 10.2. The Hall–Kier alpha value is -0.780. The van der Waals surface area contributed by atoms with Gasteiger partial charge in [0.15, 0.2) is 11.5 Å². The maximum Gasteiger partial charge on any atom is 0.175 e. The minimum absolute atomic E-state index is 0.479. The highest BCUT2D eigenvalue weighted by Gasteiger charge is 2.19. The number of halogens is 1. The molecule has 1 atom stereocenters. The molecule has 1 heterocycles. The zero-order valence-electron chi connectivity index (χ0n) is 12.8. The summed E-state index contributed by atoms with van der Waals surface area (Å²) in [6.07, 6.45) is 1.07. The molecule has 1 unspecified atom stereocenters. The van der Waals surface area contributed by atoms with Crippen molar-refractivity contribution in [1.29, 1.82) is 0 Å². The normalized spacial score (nSPS) is 18.0. The maximum atomic E-state index is 5.99. The Labute approximate surface area is 135 Å². The Morgan fingerprint density at radius 3 is 2.86 bits per heavy atom. The summed E-state index contributed by atoms with van der Waals surface area (Å²) in [5, 5.41) is 3.32. The highest BCUT2D eigenvalue weighted by Crippen LogP contribution is 2.37. The minimum Gasteiger partial charge on any atom is -0.490 e. The van der Waals surface area contributed by atoms with Crippen LogP contribution in [0.3, 0.4) is 0 Å². The Balaban J connectivity index is 2.09. The van der Waals surface area contributed by atoms with Gasteiger partial charge in [-0.15, -0.1) is 0 Å². The summed E-state index contributed by atoms with van der Waals surface area (Å²) in [4.78, 5) is 0. The fraction of sp³-hybridized carbons (Fsp3) is 0.625. The fourth-order valence-corrected chi connectivity index (χ4v) is 2.92. The molecule has 0 spiro atoms. The van der Waals surface area contributed by atoms with Crippen molar-refractivity contribution in [3.05, 3.63) is 22.2 Å². The van der Waals surface area contributed by atoms with Crippen molar-refractivity contribution in [1.82, 2.24) is 5.32 Å². The van der Waals surface area contributed by atoms with E-state index in [1.807, 2.05) is 6.92 Å². The second kappa shape index (κ2) is 8.61. The van der Waals surface area contributed by atoms with Crippen LogP contribution in [0.2, 0.25) is 0 Å². The highest BCUT2D eigenvalue weighted by molar-refractivity contribution is 9.10. The molecule has 5 heteroatoms. The van der Waals surface area contributed by atoms with E-state index < -0.39 is 0 Å². The van der Waals surface area contributed by atoms with Crippen molar-refractivity contribution >= 4 is 15.9 Å². The minimum atomic E-state index is 0.479. The summed E-state index contributed by atoms with van der Waals surface area (Å²) < 4.78 is 18.1. The first-order valence-corrected chi connectivity index (χ1v) is 8.40. The zero-order valence-corrected chi connectivity index (χ0v) is 14.4. The molecule has 0 bridgehead atoms. The molecule has 2 rings (SSSR count). The van der Waals surface area contributed by atoms with Gasteiger partial charge in [-0.3, -0.25) is 0 Å². The predicted octanol–water partition coefficient (Wildman–Crippen LogP) is 3.37. The lowest BCUT2D eigenvalue weighted by atomic mass is 10.1. The van der Waals surface area contributed by atoms with Crippen LogP contribution < -0.4 is 14.8 Å². The van der Waals surface area contributed by atoms with Crippen LogP contribution in [0.15, 0.2) is 16.6 Å². The van der Waals surface area contributed by atoms with Crippen LogP contribution in [-0.2, 0) is 11.3 Å². The second-order valence-electron chi connectivity index (χ2n) is 5.16. The van der Waals surface area contributed by atoms with E-state index in [2.05, 4.69) is 40.3 Å². The Kier molecular flexibility index (Phi) is 6.80. The van der Waals surface area contributed by atoms with Crippen molar-refractivity contribution in [3.8, 4) is 11.5 Å². The van der Waals surface area contributed by atoms with Crippen molar-refractivity contribution in [2.75, 3.05) is 33.0 Å². The van der Waals surface area contributed by atoms with Gasteiger partial charge in [0.2, 0.25) is 0 Å². The van der Waals surface area contributed by atoms with E-state index in [1.54, 1.807) is 0 Å². The van der Waals surface area contributed by atoms with Crippen molar-refractivity contribution < 1.29 is 14.2 Å². The van der Waals surface area contributed by atoms with Crippen molar-refractivity contribution in [2.45, 2.75) is 26.8 Å². The van der Waals surface area contributed by atoms with E-state index in [1.165, 1.54) is 5.56 Å². The van der Waals surface area contributed by atoms with E-state index in [-0.39, 0.29) is 0 Å².